The van der Waals surface area contributed by atoms with E-state index in [0.717, 1.165) is 49.0 Å². The Balaban J connectivity index is 1.64. The van der Waals surface area contributed by atoms with Gasteiger partial charge in [-0.1, -0.05) is 42.5 Å². The standard InChI is InChI=1S/C29H29FN2O3/c1-35-23-15-11-21(12-16-23)27-26(29(34)31-17-5-2-6-18-31)24-7-3-4-8-25(24)28(33)32(27)19-20-9-13-22(30)14-10-20/h3-4,7-16,26-27H,2,5-6,17-19H2,1H3/t26-,27-/m1/s1. The van der Waals surface area contributed by atoms with E-state index >= 15 is 0 Å². The van der Waals surface area contributed by atoms with Crippen LogP contribution in [0.1, 0.15) is 58.3 Å². The van der Waals surface area contributed by atoms with Gasteiger partial charge in [-0.2, -0.15) is 0 Å². The molecule has 1 fully saturated rings. The molecule has 6 heteroatoms. The molecule has 5 nitrogen and oxygen atoms in total. The van der Waals surface area contributed by atoms with E-state index in [9.17, 15) is 14.0 Å². The minimum Gasteiger partial charge on any atom is -0.497 e. The van der Waals surface area contributed by atoms with E-state index in [1.165, 1.54) is 12.1 Å². The Kier molecular flexibility index (Phi) is 6.53. The molecule has 180 valence electrons. The highest BCUT2D eigenvalue weighted by Gasteiger charge is 2.45. The Morgan fingerprint density at radius 2 is 1.63 bits per heavy atom. The molecule has 2 aliphatic heterocycles. The fourth-order valence-corrected chi connectivity index (χ4v) is 5.30. The Labute approximate surface area is 205 Å². The van der Waals surface area contributed by atoms with Crippen molar-refractivity contribution in [1.82, 2.24) is 9.80 Å². The van der Waals surface area contributed by atoms with Crippen molar-refractivity contribution in [2.45, 2.75) is 37.8 Å². The largest absolute Gasteiger partial charge is 0.497 e. The molecule has 0 aliphatic carbocycles. The molecule has 0 bridgehead atoms. The molecule has 2 heterocycles. The zero-order valence-corrected chi connectivity index (χ0v) is 19.8. The third kappa shape index (κ3) is 4.53. The van der Waals surface area contributed by atoms with Gasteiger partial charge in [0, 0.05) is 25.2 Å². The first-order chi connectivity index (χ1) is 17.1. The lowest BCUT2D eigenvalue weighted by Gasteiger charge is -2.44. The predicted octanol–water partition coefficient (Wildman–Crippen LogP) is 5.33. The monoisotopic (exact) mass is 472 g/mol. The molecule has 2 atom stereocenters. The van der Waals surface area contributed by atoms with Gasteiger partial charge in [-0.15, -0.1) is 0 Å². The number of benzene rings is 3. The summed E-state index contributed by atoms with van der Waals surface area (Å²) in [5.74, 6) is -0.229. The Bertz CT molecular complexity index is 1200. The molecule has 3 aromatic rings. The lowest BCUT2D eigenvalue weighted by Crippen LogP contribution is -2.49. The molecular formula is C29H29FN2O3. The summed E-state index contributed by atoms with van der Waals surface area (Å²) < 4.78 is 18.9. The van der Waals surface area contributed by atoms with Crippen LogP contribution in [0, 0.1) is 5.82 Å². The number of hydrogen-bond acceptors (Lipinski definition) is 3. The number of nitrogens with zero attached hydrogens (tertiary/aromatic N) is 2. The SMILES string of the molecule is COc1ccc([C@@H]2[C@H](C(=O)N3CCCCC3)c3ccccc3C(=O)N2Cc2ccc(F)cc2)cc1. The molecule has 2 aliphatic rings. The quantitative estimate of drug-likeness (QED) is 0.505. The molecule has 5 rings (SSSR count). The van der Waals surface area contributed by atoms with Gasteiger partial charge in [-0.3, -0.25) is 9.59 Å². The van der Waals surface area contributed by atoms with Crippen molar-refractivity contribution in [3.05, 3.63) is 101 Å². The third-order valence-corrected chi connectivity index (χ3v) is 7.10. The first kappa shape index (κ1) is 23.1. The van der Waals surface area contributed by atoms with Crippen LogP contribution in [0.2, 0.25) is 0 Å². The summed E-state index contributed by atoms with van der Waals surface area (Å²) in [5, 5.41) is 0. The highest BCUT2D eigenvalue weighted by molar-refractivity contribution is 6.01. The molecule has 35 heavy (non-hydrogen) atoms. The summed E-state index contributed by atoms with van der Waals surface area (Å²) in [4.78, 5) is 31.6. The molecule has 0 unspecified atom stereocenters. The van der Waals surface area contributed by atoms with Gasteiger partial charge >= 0.3 is 0 Å². The van der Waals surface area contributed by atoms with E-state index in [1.807, 2.05) is 47.4 Å². The van der Waals surface area contributed by atoms with Gasteiger partial charge in [0.1, 0.15) is 11.6 Å². The van der Waals surface area contributed by atoms with Crippen molar-refractivity contribution in [3.8, 4) is 5.75 Å². The van der Waals surface area contributed by atoms with Crippen molar-refractivity contribution >= 4 is 11.8 Å². The number of carbonyl (C=O) groups excluding carboxylic acids is 2. The van der Waals surface area contributed by atoms with Crippen LogP contribution in [-0.2, 0) is 11.3 Å². The summed E-state index contributed by atoms with van der Waals surface area (Å²) in [5.41, 5.74) is 2.99. The van der Waals surface area contributed by atoms with Crippen molar-refractivity contribution in [3.63, 3.8) is 0 Å². The number of amides is 2. The summed E-state index contributed by atoms with van der Waals surface area (Å²) >= 11 is 0. The van der Waals surface area contributed by atoms with Crippen molar-refractivity contribution in [1.29, 1.82) is 0 Å². The molecule has 0 N–H and O–H groups in total. The van der Waals surface area contributed by atoms with Crippen LogP contribution in [0.3, 0.4) is 0 Å². The van der Waals surface area contributed by atoms with Gasteiger partial charge < -0.3 is 14.5 Å². The normalized spacial score (nSPS) is 19.9. The van der Waals surface area contributed by atoms with Crippen LogP contribution in [-0.4, -0.2) is 41.8 Å². The Morgan fingerprint density at radius 1 is 0.943 bits per heavy atom. The van der Waals surface area contributed by atoms with Gasteiger partial charge in [0.25, 0.3) is 5.91 Å². The van der Waals surface area contributed by atoms with Crippen LogP contribution < -0.4 is 4.74 Å². The molecule has 0 spiro atoms. The number of fused-ring (bicyclic) bond motifs is 1. The number of halogens is 1. The maximum atomic E-state index is 14.1. The summed E-state index contributed by atoms with van der Waals surface area (Å²) in [6.07, 6.45) is 3.11. The van der Waals surface area contributed by atoms with E-state index in [0.29, 0.717) is 11.3 Å². The van der Waals surface area contributed by atoms with Crippen LogP contribution in [0.15, 0.2) is 72.8 Å². The second-order valence-corrected chi connectivity index (χ2v) is 9.23. The van der Waals surface area contributed by atoms with Crippen molar-refractivity contribution in [2.24, 2.45) is 0 Å². The maximum absolute atomic E-state index is 14.1. The predicted molar refractivity (Wildman–Crippen MR) is 132 cm³/mol. The van der Waals surface area contributed by atoms with E-state index < -0.39 is 12.0 Å². The first-order valence-electron chi connectivity index (χ1n) is 12.1. The van der Waals surface area contributed by atoms with Crippen LogP contribution in [0.5, 0.6) is 5.75 Å². The Hall–Kier alpha value is -3.67. The topological polar surface area (TPSA) is 49.9 Å². The zero-order valence-electron chi connectivity index (χ0n) is 19.8. The van der Waals surface area contributed by atoms with E-state index in [2.05, 4.69) is 0 Å². The second-order valence-electron chi connectivity index (χ2n) is 9.23. The van der Waals surface area contributed by atoms with Crippen LogP contribution in [0.4, 0.5) is 4.39 Å². The second kappa shape index (κ2) is 9.90. The smallest absolute Gasteiger partial charge is 0.255 e. The molecule has 0 radical (unpaired) electrons. The van der Waals surface area contributed by atoms with Gasteiger partial charge in [0.05, 0.1) is 19.1 Å². The number of rotatable bonds is 5. The first-order valence-corrected chi connectivity index (χ1v) is 12.1. The number of methoxy groups -OCH3 is 1. The van der Waals surface area contributed by atoms with E-state index in [4.69, 9.17) is 4.74 Å². The minimum atomic E-state index is -0.532. The van der Waals surface area contributed by atoms with E-state index in [1.54, 1.807) is 30.2 Å². The van der Waals surface area contributed by atoms with Gasteiger partial charge in [-0.05, 0) is 66.3 Å². The lowest BCUT2D eigenvalue weighted by atomic mass is 9.78. The van der Waals surface area contributed by atoms with Gasteiger partial charge in [0.15, 0.2) is 0 Å². The number of ether oxygens (including phenoxy) is 1. The fraction of sp³-hybridized carbons (Fsp3) is 0.310. The molecule has 1 saturated heterocycles. The third-order valence-electron chi connectivity index (χ3n) is 7.10. The molecule has 0 aromatic heterocycles. The summed E-state index contributed by atoms with van der Waals surface area (Å²) in [7, 11) is 1.61. The van der Waals surface area contributed by atoms with Crippen molar-refractivity contribution < 1.29 is 18.7 Å². The van der Waals surface area contributed by atoms with Gasteiger partial charge in [-0.25, -0.2) is 4.39 Å². The molecular weight excluding hydrogens is 443 g/mol. The van der Waals surface area contributed by atoms with Crippen molar-refractivity contribution in [2.75, 3.05) is 20.2 Å². The Morgan fingerprint density at radius 3 is 2.31 bits per heavy atom. The summed E-state index contributed by atoms with van der Waals surface area (Å²) in [6, 6.07) is 20.7. The molecule has 3 aromatic carbocycles. The number of likely N-dealkylation sites (tertiary alicyclic amines) is 1. The number of carbonyl (C=O) groups is 2. The number of hydrogen-bond donors (Lipinski definition) is 0. The average Bonchev–Trinajstić information content (AvgIpc) is 2.91. The zero-order chi connectivity index (χ0) is 24.4. The highest BCUT2D eigenvalue weighted by atomic mass is 19.1. The molecule has 2 amide bonds. The fourth-order valence-electron chi connectivity index (χ4n) is 5.30. The average molecular weight is 473 g/mol. The molecule has 0 saturated carbocycles. The maximum Gasteiger partial charge on any atom is 0.255 e. The highest BCUT2D eigenvalue weighted by Crippen LogP contribution is 2.45. The number of piperidine rings is 1. The lowest BCUT2D eigenvalue weighted by molar-refractivity contribution is -0.135. The summed E-state index contributed by atoms with van der Waals surface area (Å²) in [6.45, 7) is 1.74. The minimum absolute atomic E-state index is 0.0505. The van der Waals surface area contributed by atoms with Crippen LogP contribution in [0.25, 0.3) is 0 Å². The van der Waals surface area contributed by atoms with Gasteiger partial charge in [0.2, 0.25) is 5.91 Å². The van der Waals surface area contributed by atoms with E-state index in [-0.39, 0.29) is 24.2 Å². The van der Waals surface area contributed by atoms with Crippen LogP contribution >= 0.6 is 0 Å².